The normalized spacial score (nSPS) is 18.3. The Hall–Kier alpha value is -2.56. The van der Waals surface area contributed by atoms with E-state index in [-0.39, 0.29) is 16.6 Å². The van der Waals surface area contributed by atoms with E-state index in [1.165, 1.54) is 16.4 Å². The lowest BCUT2D eigenvalue weighted by Gasteiger charge is -2.31. The SMILES string of the molecule is CN1CCN(S(=O)(=O)c2ccc(N(Cc3ccccn3)C3CC3)c([N+](=O)[O-])c2)CC1. The van der Waals surface area contributed by atoms with Gasteiger partial charge in [0.2, 0.25) is 10.0 Å². The number of pyridine rings is 1. The fraction of sp³-hybridized carbons (Fsp3) is 0.450. The van der Waals surface area contributed by atoms with Crippen LogP contribution in [0.2, 0.25) is 0 Å². The standard InChI is InChI=1S/C20H25N5O4S/c1-22-10-12-23(13-11-22)30(28,29)18-7-8-19(20(14-18)25(26)27)24(17-5-6-17)15-16-4-2-3-9-21-16/h2-4,7-9,14,17H,5-6,10-13,15H2,1H3. The fourth-order valence-electron chi connectivity index (χ4n) is 3.69. The summed E-state index contributed by atoms with van der Waals surface area (Å²) in [6, 6.07) is 10.1. The van der Waals surface area contributed by atoms with Crippen LogP contribution in [-0.2, 0) is 16.6 Å². The molecule has 1 aliphatic heterocycles. The summed E-state index contributed by atoms with van der Waals surface area (Å²) in [7, 11) is -1.83. The first-order chi connectivity index (χ1) is 14.4. The molecule has 0 radical (unpaired) electrons. The number of hydrogen-bond donors (Lipinski definition) is 0. The predicted molar refractivity (Wildman–Crippen MR) is 113 cm³/mol. The van der Waals surface area contributed by atoms with E-state index in [0.29, 0.717) is 38.4 Å². The lowest BCUT2D eigenvalue weighted by atomic mass is 10.2. The summed E-state index contributed by atoms with van der Waals surface area (Å²) < 4.78 is 27.5. The zero-order valence-electron chi connectivity index (χ0n) is 16.8. The van der Waals surface area contributed by atoms with Gasteiger partial charge in [0.25, 0.3) is 5.69 Å². The smallest absolute Gasteiger partial charge is 0.293 e. The summed E-state index contributed by atoms with van der Waals surface area (Å²) in [5.41, 5.74) is 1.06. The van der Waals surface area contributed by atoms with Crippen molar-refractivity contribution < 1.29 is 13.3 Å². The number of anilines is 1. The number of nitrogens with zero attached hydrogens (tertiary/aromatic N) is 5. The number of hydrogen-bond acceptors (Lipinski definition) is 7. The van der Waals surface area contributed by atoms with Gasteiger partial charge in [0.15, 0.2) is 0 Å². The van der Waals surface area contributed by atoms with Crippen molar-refractivity contribution in [3.8, 4) is 0 Å². The predicted octanol–water partition coefficient (Wildman–Crippen LogP) is 2.09. The van der Waals surface area contributed by atoms with Crippen LogP contribution in [0.25, 0.3) is 0 Å². The van der Waals surface area contributed by atoms with Crippen LogP contribution >= 0.6 is 0 Å². The van der Waals surface area contributed by atoms with Crippen LogP contribution in [-0.4, -0.2) is 66.8 Å². The second kappa shape index (κ2) is 8.29. The van der Waals surface area contributed by atoms with Crippen molar-refractivity contribution in [2.45, 2.75) is 30.3 Å². The maximum atomic E-state index is 13.0. The summed E-state index contributed by atoms with van der Waals surface area (Å²) in [6.45, 7) is 2.47. The third-order valence-electron chi connectivity index (χ3n) is 5.60. The molecule has 0 atom stereocenters. The minimum Gasteiger partial charge on any atom is -0.357 e. The van der Waals surface area contributed by atoms with Crippen molar-refractivity contribution in [2.75, 3.05) is 38.1 Å². The minimum atomic E-state index is -3.78. The molecule has 0 spiro atoms. The van der Waals surface area contributed by atoms with Crippen LogP contribution in [0.15, 0.2) is 47.5 Å². The highest BCUT2D eigenvalue weighted by Gasteiger charge is 2.35. The molecule has 2 aromatic rings. The number of likely N-dealkylation sites (N-methyl/N-ethyl adjacent to an activating group) is 1. The second-order valence-corrected chi connectivity index (χ2v) is 9.73. The molecular weight excluding hydrogens is 406 g/mol. The number of aromatic nitrogens is 1. The largest absolute Gasteiger partial charge is 0.357 e. The molecule has 2 heterocycles. The summed E-state index contributed by atoms with van der Waals surface area (Å²) >= 11 is 0. The number of piperazine rings is 1. The van der Waals surface area contributed by atoms with Crippen molar-refractivity contribution in [2.24, 2.45) is 0 Å². The molecule has 2 aliphatic rings. The van der Waals surface area contributed by atoms with E-state index < -0.39 is 14.9 Å². The molecule has 9 nitrogen and oxygen atoms in total. The Balaban J connectivity index is 1.67. The third-order valence-corrected chi connectivity index (χ3v) is 7.49. The molecule has 1 aromatic heterocycles. The molecule has 1 aliphatic carbocycles. The first kappa shape index (κ1) is 20.7. The van der Waals surface area contributed by atoms with Gasteiger partial charge in [-0.1, -0.05) is 6.07 Å². The highest BCUT2D eigenvalue weighted by Crippen LogP contribution is 2.39. The first-order valence-electron chi connectivity index (χ1n) is 10.00. The van der Waals surface area contributed by atoms with Crippen LogP contribution in [0, 0.1) is 10.1 Å². The van der Waals surface area contributed by atoms with Crippen molar-refractivity contribution in [3.63, 3.8) is 0 Å². The Bertz CT molecular complexity index is 1020. The van der Waals surface area contributed by atoms with E-state index in [9.17, 15) is 18.5 Å². The Morgan fingerprint density at radius 2 is 1.90 bits per heavy atom. The maximum absolute atomic E-state index is 13.0. The van der Waals surface area contributed by atoms with E-state index in [1.807, 2.05) is 30.1 Å². The van der Waals surface area contributed by atoms with Crippen molar-refractivity contribution in [3.05, 3.63) is 58.4 Å². The van der Waals surface area contributed by atoms with E-state index >= 15 is 0 Å². The van der Waals surface area contributed by atoms with E-state index in [4.69, 9.17) is 0 Å². The van der Waals surface area contributed by atoms with Gasteiger partial charge in [-0.15, -0.1) is 0 Å². The Morgan fingerprint density at radius 3 is 2.50 bits per heavy atom. The number of rotatable bonds is 7. The lowest BCUT2D eigenvalue weighted by molar-refractivity contribution is -0.384. The van der Waals surface area contributed by atoms with Gasteiger partial charge in [-0.2, -0.15) is 4.31 Å². The highest BCUT2D eigenvalue weighted by atomic mass is 32.2. The Kier molecular flexibility index (Phi) is 5.72. The molecule has 1 aromatic carbocycles. The summed E-state index contributed by atoms with van der Waals surface area (Å²) in [5.74, 6) is 0. The molecule has 0 bridgehead atoms. The van der Waals surface area contributed by atoms with Gasteiger partial charge in [0.05, 0.1) is 22.1 Å². The van der Waals surface area contributed by atoms with Gasteiger partial charge in [-0.3, -0.25) is 15.1 Å². The Morgan fingerprint density at radius 1 is 1.17 bits per heavy atom. The van der Waals surface area contributed by atoms with Crippen LogP contribution in [0.4, 0.5) is 11.4 Å². The molecular formula is C20H25N5O4S. The molecule has 10 heteroatoms. The number of sulfonamides is 1. The number of benzene rings is 1. The average Bonchev–Trinajstić information content (AvgIpc) is 3.58. The zero-order chi connectivity index (χ0) is 21.3. The van der Waals surface area contributed by atoms with Crippen molar-refractivity contribution >= 4 is 21.4 Å². The van der Waals surface area contributed by atoms with Gasteiger partial charge in [0.1, 0.15) is 5.69 Å². The average molecular weight is 432 g/mol. The minimum absolute atomic E-state index is 0.0314. The quantitative estimate of drug-likeness (QED) is 0.489. The molecule has 0 N–H and O–H groups in total. The summed E-state index contributed by atoms with van der Waals surface area (Å²) in [6.07, 6.45) is 3.59. The fourth-order valence-corrected chi connectivity index (χ4v) is 5.14. The number of nitro benzene ring substituents is 1. The monoisotopic (exact) mass is 431 g/mol. The van der Waals surface area contributed by atoms with Gasteiger partial charge in [-0.05, 0) is 44.2 Å². The molecule has 1 saturated heterocycles. The molecule has 2 fully saturated rings. The summed E-state index contributed by atoms with van der Waals surface area (Å²) in [4.78, 5) is 19.7. The second-order valence-electron chi connectivity index (χ2n) is 7.80. The van der Waals surface area contributed by atoms with Crippen molar-refractivity contribution in [1.82, 2.24) is 14.2 Å². The molecule has 4 rings (SSSR count). The van der Waals surface area contributed by atoms with Gasteiger partial charge in [-0.25, -0.2) is 8.42 Å². The van der Waals surface area contributed by atoms with Crippen LogP contribution < -0.4 is 4.90 Å². The molecule has 0 amide bonds. The van der Waals surface area contributed by atoms with Gasteiger partial charge < -0.3 is 9.80 Å². The van der Waals surface area contributed by atoms with E-state index in [0.717, 1.165) is 18.5 Å². The lowest BCUT2D eigenvalue weighted by Crippen LogP contribution is -2.47. The molecule has 160 valence electrons. The summed E-state index contributed by atoms with van der Waals surface area (Å²) in [5, 5.41) is 11.9. The van der Waals surface area contributed by atoms with Gasteiger partial charge >= 0.3 is 0 Å². The van der Waals surface area contributed by atoms with Crippen LogP contribution in [0.1, 0.15) is 18.5 Å². The highest BCUT2D eigenvalue weighted by molar-refractivity contribution is 7.89. The Labute approximate surface area is 176 Å². The molecule has 0 unspecified atom stereocenters. The topological polar surface area (TPSA) is 99.9 Å². The number of nitro groups is 1. The van der Waals surface area contributed by atoms with E-state index in [2.05, 4.69) is 9.88 Å². The van der Waals surface area contributed by atoms with Crippen LogP contribution in [0.5, 0.6) is 0 Å². The molecule has 1 saturated carbocycles. The van der Waals surface area contributed by atoms with Crippen molar-refractivity contribution in [1.29, 1.82) is 0 Å². The first-order valence-corrected chi connectivity index (χ1v) is 11.4. The van der Waals surface area contributed by atoms with Gasteiger partial charge in [0, 0.05) is 44.5 Å². The van der Waals surface area contributed by atoms with E-state index in [1.54, 1.807) is 12.3 Å². The van der Waals surface area contributed by atoms with Crippen LogP contribution in [0.3, 0.4) is 0 Å². The maximum Gasteiger partial charge on any atom is 0.293 e. The zero-order valence-corrected chi connectivity index (χ0v) is 17.7. The third kappa shape index (κ3) is 4.30. The molecule has 30 heavy (non-hydrogen) atoms.